The molecular weight excluding hydrogens is 340 g/mol. The Morgan fingerprint density at radius 1 is 1.04 bits per heavy atom. The lowest BCUT2D eigenvalue weighted by molar-refractivity contribution is 0.0732. The maximum atomic E-state index is 13.3. The third kappa shape index (κ3) is 2.61. The number of pyridine rings is 1. The molecule has 0 aliphatic carbocycles. The van der Waals surface area contributed by atoms with Gasteiger partial charge in [-0.15, -0.1) is 0 Å². The molecule has 1 fully saturated rings. The molecule has 0 radical (unpaired) electrons. The second kappa shape index (κ2) is 6.09. The lowest BCUT2D eigenvalue weighted by atomic mass is 10.1. The summed E-state index contributed by atoms with van der Waals surface area (Å²) in [4.78, 5) is 38.0. The molecule has 0 unspecified atom stereocenters. The molecule has 1 atom stereocenters. The van der Waals surface area contributed by atoms with Crippen LogP contribution < -0.4 is 5.56 Å². The molecule has 1 amide bonds. The van der Waals surface area contributed by atoms with Gasteiger partial charge in [-0.05, 0) is 31.0 Å². The highest BCUT2D eigenvalue weighted by Crippen LogP contribution is 2.33. The molecule has 5 rings (SSSR count). The maximum absolute atomic E-state index is 13.3. The van der Waals surface area contributed by atoms with Crippen molar-refractivity contribution >= 4 is 27.8 Å². The van der Waals surface area contributed by atoms with Gasteiger partial charge in [0.2, 0.25) is 5.56 Å². The van der Waals surface area contributed by atoms with E-state index in [4.69, 9.17) is 0 Å². The zero-order chi connectivity index (χ0) is 18.4. The van der Waals surface area contributed by atoms with Gasteiger partial charge in [0, 0.05) is 23.5 Å². The molecule has 0 saturated carbocycles. The van der Waals surface area contributed by atoms with Crippen LogP contribution in [0.25, 0.3) is 21.9 Å². The Bertz CT molecular complexity index is 1190. The minimum absolute atomic E-state index is 0.108. The van der Waals surface area contributed by atoms with E-state index in [0.717, 1.165) is 35.1 Å². The minimum atomic E-state index is -0.267. The highest BCUT2D eigenvalue weighted by Gasteiger charge is 2.33. The summed E-state index contributed by atoms with van der Waals surface area (Å²) in [7, 11) is 0. The number of nitrogens with one attached hydrogen (secondary N) is 2. The largest absolute Gasteiger partial charge is 0.340 e. The summed E-state index contributed by atoms with van der Waals surface area (Å²) in [6.45, 7) is 0.654. The zero-order valence-corrected chi connectivity index (χ0v) is 14.6. The van der Waals surface area contributed by atoms with Crippen molar-refractivity contribution in [3.8, 4) is 0 Å². The Morgan fingerprint density at radius 3 is 2.67 bits per heavy atom. The normalized spacial score (nSPS) is 17.0. The van der Waals surface area contributed by atoms with Crippen molar-refractivity contribution in [1.82, 2.24) is 19.9 Å². The molecule has 0 spiro atoms. The number of para-hydroxylation sites is 3. The van der Waals surface area contributed by atoms with Gasteiger partial charge in [0.25, 0.3) is 5.91 Å². The topological polar surface area (TPSA) is 81.8 Å². The number of aromatic amines is 2. The number of imidazole rings is 1. The third-order valence-corrected chi connectivity index (χ3v) is 5.22. The SMILES string of the molecule is O=C(c1cc(=O)[nH]c2ccccc12)N1CCC[C@H]1c1nc2ccccc2[nH]1. The van der Waals surface area contributed by atoms with E-state index >= 15 is 0 Å². The van der Waals surface area contributed by atoms with Gasteiger partial charge in [0.05, 0.1) is 22.6 Å². The predicted octanol–water partition coefficient (Wildman–Crippen LogP) is 3.38. The van der Waals surface area contributed by atoms with Crippen molar-refractivity contribution < 1.29 is 4.79 Å². The minimum Gasteiger partial charge on any atom is -0.340 e. The third-order valence-electron chi connectivity index (χ3n) is 5.22. The van der Waals surface area contributed by atoms with Crippen molar-refractivity contribution in [2.45, 2.75) is 18.9 Å². The summed E-state index contributed by atoms with van der Waals surface area (Å²) in [5, 5.41) is 0.761. The van der Waals surface area contributed by atoms with Crippen molar-refractivity contribution in [1.29, 1.82) is 0 Å². The molecule has 0 bridgehead atoms. The average molecular weight is 358 g/mol. The van der Waals surface area contributed by atoms with Gasteiger partial charge >= 0.3 is 0 Å². The quantitative estimate of drug-likeness (QED) is 0.576. The van der Waals surface area contributed by atoms with Gasteiger partial charge in [0.15, 0.2) is 0 Å². The van der Waals surface area contributed by atoms with E-state index in [1.165, 1.54) is 6.07 Å². The van der Waals surface area contributed by atoms with E-state index < -0.39 is 0 Å². The Labute approximate surface area is 154 Å². The van der Waals surface area contributed by atoms with Gasteiger partial charge in [-0.3, -0.25) is 9.59 Å². The number of aromatic nitrogens is 3. The second-order valence-electron chi connectivity index (χ2n) is 6.89. The predicted molar refractivity (Wildman–Crippen MR) is 104 cm³/mol. The first-order valence-electron chi connectivity index (χ1n) is 9.08. The molecule has 134 valence electrons. The van der Waals surface area contributed by atoms with Crippen LogP contribution in [0.1, 0.15) is 35.1 Å². The lowest BCUT2D eigenvalue weighted by Crippen LogP contribution is -2.32. The average Bonchev–Trinajstić information content (AvgIpc) is 3.33. The summed E-state index contributed by atoms with van der Waals surface area (Å²) >= 11 is 0. The van der Waals surface area contributed by atoms with Gasteiger partial charge in [-0.25, -0.2) is 4.98 Å². The highest BCUT2D eigenvalue weighted by molar-refractivity contribution is 6.06. The molecule has 1 aliphatic rings. The maximum Gasteiger partial charge on any atom is 0.255 e. The molecule has 6 heteroatoms. The second-order valence-corrected chi connectivity index (χ2v) is 6.89. The van der Waals surface area contributed by atoms with Crippen LogP contribution in [-0.2, 0) is 0 Å². The fourth-order valence-electron chi connectivity index (χ4n) is 3.96. The number of carbonyl (C=O) groups excluding carboxylic acids is 1. The number of fused-ring (bicyclic) bond motifs is 2. The monoisotopic (exact) mass is 358 g/mol. The van der Waals surface area contributed by atoms with Crippen LogP contribution in [0.15, 0.2) is 59.4 Å². The number of hydrogen-bond donors (Lipinski definition) is 2. The molecule has 1 aliphatic heterocycles. The van der Waals surface area contributed by atoms with Crippen molar-refractivity contribution in [2.75, 3.05) is 6.54 Å². The van der Waals surface area contributed by atoms with Crippen LogP contribution in [-0.4, -0.2) is 32.3 Å². The fourth-order valence-corrected chi connectivity index (χ4v) is 3.96. The summed E-state index contributed by atoms with van der Waals surface area (Å²) in [6, 6.07) is 16.5. The fraction of sp³-hybridized carbons (Fsp3) is 0.190. The van der Waals surface area contributed by atoms with Crippen molar-refractivity contribution in [2.24, 2.45) is 0 Å². The smallest absolute Gasteiger partial charge is 0.255 e. The molecule has 27 heavy (non-hydrogen) atoms. The van der Waals surface area contributed by atoms with E-state index in [-0.39, 0.29) is 17.5 Å². The number of benzene rings is 2. The summed E-state index contributed by atoms with van der Waals surface area (Å²) in [5.74, 6) is 0.677. The summed E-state index contributed by atoms with van der Waals surface area (Å²) in [6.07, 6.45) is 1.77. The first-order chi connectivity index (χ1) is 13.2. The molecular formula is C21H18N4O2. The van der Waals surface area contributed by atoms with Crippen molar-refractivity contribution in [3.63, 3.8) is 0 Å². The van der Waals surface area contributed by atoms with E-state index in [1.807, 2.05) is 53.4 Å². The lowest BCUT2D eigenvalue weighted by Gasteiger charge is -2.23. The highest BCUT2D eigenvalue weighted by atomic mass is 16.2. The number of carbonyl (C=O) groups is 1. The van der Waals surface area contributed by atoms with Crippen LogP contribution in [0.4, 0.5) is 0 Å². The molecule has 4 aromatic rings. The number of hydrogen-bond acceptors (Lipinski definition) is 3. The molecule has 2 aromatic carbocycles. The Morgan fingerprint density at radius 2 is 1.81 bits per heavy atom. The van der Waals surface area contributed by atoms with Crippen LogP contribution in [0.3, 0.4) is 0 Å². The molecule has 3 heterocycles. The standard InChI is InChI=1S/C21H18N4O2/c26-19-12-14(13-6-1-2-7-15(13)22-19)21(27)25-11-5-10-18(25)20-23-16-8-3-4-9-17(16)24-20/h1-4,6-9,12,18H,5,10-11H2,(H,22,26)(H,23,24)/t18-/m0/s1. The van der Waals surface area contributed by atoms with Crippen LogP contribution in [0.5, 0.6) is 0 Å². The first kappa shape index (κ1) is 15.8. The van der Waals surface area contributed by atoms with Gasteiger partial charge in [-0.2, -0.15) is 0 Å². The number of amides is 1. The Hall–Kier alpha value is -3.41. The van der Waals surface area contributed by atoms with Gasteiger partial charge < -0.3 is 14.9 Å². The van der Waals surface area contributed by atoms with Gasteiger partial charge in [0.1, 0.15) is 5.82 Å². The first-order valence-corrected chi connectivity index (χ1v) is 9.08. The van der Waals surface area contributed by atoms with E-state index in [1.54, 1.807) is 0 Å². The zero-order valence-electron chi connectivity index (χ0n) is 14.6. The number of likely N-dealkylation sites (tertiary alicyclic amines) is 1. The summed E-state index contributed by atoms with van der Waals surface area (Å²) in [5.41, 5.74) is 2.71. The van der Waals surface area contributed by atoms with Crippen LogP contribution >= 0.6 is 0 Å². The molecule has 6 nitrogen and oxygen atoms in total. The van der Waals surface area contributed by atoms with E-state index in [2.05, 4.69) is 15.0 Å². The molecule has 1 saturated heterocycles. The summed E-state index contributed by atoms with van der Waals surface area (Å²) < 4.78 is 0. The van der Waals surface area contributed by atoms with E-state index in [9.17, 15) is 9.59 Å². The van der Waals surface area contributed by atoms with Gasteiger partial charge in [-0.1, -0.05) is 30.3 Å². The number of H-pyrrole nitrogens is 2. The molecule has 2 aromatic heterocycles. The Kier molecular flexibility index (Phi) is 3.57. The molecule has 2 N–H and O–H groups in total. The van der Waals surface area contributed by atoms with E-state index in [0.29, 0.717) is 17.6 Å². The Balaban J connectivity index is 1.57. The van der Waals surface area contributed by atoms with Crippen LogP contribution in [0.2, 0.25) is 0 Å². The number of nitrogens with zero attached hydrogens (tertiary/aromatic N) is 2. The number of rotatable bonds is 2. The van der Waals surface area contributed by atoms with Crippen LogP contribution in [0, 0.1) is 0 Å². The van der Waals surface area contributed by atoms with Crippen molar-refractivity contribution in [3.05, 3.63) is 76.3 Å².